The number of hydrogen-bond acceptors (Lipinski definition) is 2. The molecular formula is C22H27NO3. The lowest BCUT2D eigenvalue weighted by atomic mass is 9.84. The molecule has 0 fully saturated rings. The molecule has 1 aliphatic rings. The minimum atomic E-state index is -0.970. The Bertz CT molecular complexity index is 780. The van der Waals surface area contributed by atoms with Crippen LogP contribution in [0.5, 0.6) is 0 Å². The van der Waals surface area contributed by atoms with Crippen molar-refractivity contribution in [3.63, 3.8) is 0 Å². The summed E-state index contributed by atoms with van der Waals surface area (Å²) in [7, 11) is 0. The highest BCUT2D eigenvalue weighted by Gasteiger charge is 2.35. The molecule has 2 aromatic rings. The van der Waals surface area contributed by atoms with Gasteiger partial charge in [-0.05, 0) is 41.9 Å². The van der Waals surface area contributed by atoms with Gasteiger partial charge in [0.05, 0.1) is 11.8 Å². The van der Waals surface area contributed by atoms with E-state index in [4.69, 9.17) is 0 Å². The number of amides is 1. The summed E-state index contributed by atoms with van der Waals surface area (Å²) < 4.78 is 0. The Morgan fingerprint density at radius 3 is 2.42 bits per heavy atom. The fourth-order valence-corrected chi connectivity index (χ4v) is 3.82. The predicted molar refractivity (Wildman–Crippen MR) is 104 cm³/mol. The molecule has 4 heteroatoms. The van der Waals surface area contributed by atoms with E-state index >= 15 is 0 Å². The van der Waals surface area contributed by atoms with Crippen molar-refractivity contribution in [2.75, 3.05) is 4.90 Å². The normalized spacial score (nSPS) is 19.9. The van der Waals surface area contributed by atoms with Crippen LogP contribution in [0.3, 0.4) is 0 Å². The first-order valence-electron chi connectivity index (χ1n) is 9.11. The van der Waals surface area contributed by atoms with E-state index in [2.05, 4.69) is 20.8 Å². The van der Waals surface area contributed by atoms with Gasteiger partial charge in [-0.25, -0.2) is 4.79 Å². The number of aliphatic hydroxyl groups excluding tert-OH is 1. The average molecular weight is 353 g/mol. The summed E-state index contributed by atoms with van der Waals surface area (Å²) in [6.45, 7) is 6.51. The van der Waals surface area contributed by atoms with Crippen molar-refractivity contribution in [3.05, 3.63) is 65.2 Å². The number of carboxylic acid groups (broad SMARTS) is 1. The Kier molecular flexibility index (Phi) is 5.05. The molecule has 0 aromatic heterocycles. The highest BCUT2D eigenvalue weighted by molar-refractivity contribution is 5.89. The molecule has 2 unspecified atom stereocenters. The molecular weight excluding hydrogens is 326 g/mol. The molecule has 0 aliphatic carbocycles. The van der Waals surface area contributed by atoms with Crippen LogP contribution in [0.15, 0.2) is 48.5 Å². The van der Waals surface area contributed by atoms with Crippen LogP contribution in [0, 0.1) is 5.41 Å². The first-order chi connectivity index (χ1) is 12.2. The van der Waals surface area contributed by atoms with Crippen molar-refractivity contribution in [2.45, 2.75) is 52.2 Å². The van der Waals surface area contributed by atoms with Gasteiger partial charge >= 0.3 is 6.09 Å². The molecule has 2 aromatic carbocycles. The van der Waals surface area contributed by atoms with Gasteiger partial charge in [0.25, 0.3) is 0 Å². The molecule has 2 atom stereocenters. The van der Waals surface area contributed by atoms with E-state index in [1.807, 2.05) is 48.5 Å². The Morgan fingerprint density at radius 1 is 1.12 bits per heavy atom. The molecule has 2 N–H and O–H groups in total. The predicted octanol–water partition coefficient (Wildman–Crippen LogP) is 4.81. The summed E-state index contributed by atoms with van der Waals surface area (Å²) in [5, 5.41) is 20.5. The minimum absolute atomic E-state index is 0.135. The summed E-state index contributed by atoms with van der Waals surface area (Å²) in [6.07, 6.45) is 0.269. The first kappa shape index (κ1) is 18.5. The van der Waals surface area contributed by atoms with Gasteiger partial charge in [-0.15, -0.1) is 0 Å². The number of hydrogen-bond donors (Lipinski definition) is 2. The fourth-order valence-electron chi connectivity index (χ4n) is 3.82. The summed E-state index contributed by atoms with van der Waals surface area (Å²) >= 11 is 0. The molecule has 0 saturated carbocycles. The maximum atomic E-state index is 12.0. The van der Waals surface area contributed by atoms with Crippen LogP contribution in [0.2, 0.25) is 0 Å². The molecule has 0 radical (unpaired) electrons. The lowest BCUT2D eigenvalue weighted by molar-refractivity contribution is 0.144. The third-order valence-electron chi connectivity index (χ3n) is 4.83. The molecule has 3 rings (SSSR count). The van der Waals surface area contributed by atoms with Crippen LogP contribution >= 0.6 is 0 Å². The quantitative estimate of drug-likeness (QED) is 0.832. The molecule has 0 saturated heterocycles. The topological polar surface area (TPSA) is 60.8 Å². The van der Waals surface area contributed by atoms with Gasteiger partial charge in [-0.2, -0.15) is 0 Å². The number of rotatable bonds is 3. The van der Waals surface area contributed by atoms with E-state index in [1.54, 1.807) is 0 Å². The van der Waals surface area contributed by atoms with Crippen LogP contribution in [0.25, 0.3) is 0 Å². The van der Waals surface area contributed by atoms with Gasteiger partial charge in [-0.1, -0.05) is 63.2 Å². The second kappa shape index (κ2) is 7.12. The van der Waals surface area contributed by atoms with E-state index in [0.717, 1.165) is 23.1 Å². The van der Waals surface area contributed by atoms with E-state index in [-0.39, 0.29) is 11.5 Å². The standard InChI is InChI=1S/C22H27NO3/c1-22(2,3)14-16-9-10-19-18(12-16)20(24)13-17(23(19)21(25)26)11-15-7-5-4-6-8-15/h4-10,12,17,20,24H,11,13-14H2,1-3H3,(H,25,26). The third-order valence-corrected chi connectivity index (χ3v) is 4.83. The van der Waals surface area contributed by atoms with Gasteiger partial charge < -0.3 is 10.2 Å². The lowest BCUT2D eigenvalue weighted by Gasteiger charge is -2.38. The number of fused-ring (bicyclic) bond motifs is 1. The lowest BCUT2D eigenvalue weighted by Crippen LogP contribution is -2.45. The Balaban J connectivity index is 1.94. The zero-order chi connectivity index (χ0) is 18.9. The number of nitrogens with zero attached hydrogens (tertiary/aromatic N) is 1. The second-order valence-corrected chi connectivity index (χ2v) is 8.38. The molecule has 1 heterocycles. The summed E-state index contributed by atoms with van der Waals surface area (Å²) in [5.74, 6) is 0. The second-order valence-electron chi connectivity index (χ2n) is 8.38. The van der Waals surface area contributed by atoms with E-state index in [9.17, 15) is 15.0 Å². The zero-order valence-corrected chi connectivity index (χ0v) is 15.6. The molecule has 26 heavy (non-hydrogen) atoms. The van der Waals surface area contributed by atoms with Crippen LogP contribution in [-0.2, 0) is 12.8 Å². The van der Waals surface area contributed by atoms with Crippen LogP contribution < -0.4 is 4.90 Å². The van der Waals surface area contributed by atoms with Gasteiger partial charge in [0.1, 0.15) is 0 Å². The monoisotopic (exact) mass is 353 g/mol. The summed E-state index contributed by atoms with van der Waals surface area (Å²) in [5.41, 5.74) is 3.66. The fraction of sp³-hybridized carbons (Fsp3) is 0.409. The highest BCUT2D eigenvalue weighted by Crippen LogP contribution is 2.39. The Morgan fingerprint density at radius 2 is 1.81 bits per heavy atom. The number of carbonyl (C=O) groups is 1. The highest BCUT2D eigenvalue weighted by atomic mass is 16.4. The number of anilines is 1. The van der Waals surface area contributed by atoms with Crippen molar-refractivity contribution in [1.82, 2.24) is 0 Å². The van der Waals surface area contributed by atoms with Crippen molar-refractivity contribution < 1.29 is 15.0 Å². The van der Waals surface area contributed by atoms with Crippen molar-refractivity contribution in [2.24, 2.45) is 5.41 Å². The summed E-state index contributed by atoms with van der Waals surface area (Å²) in [4.78, 5) is 13.4. The minimum Gasteiger partial charge on any atom is -0.465 e. The van der Waals surface area contributed by atoms with E-state index < -0.39 is 12.2 Å². The third kappa shape index (κ3) is 4.07. The molecule has 4 nitrogen and oxygen atoms in total. The van der Waals surface area contributed by atoms with E-state index in [1.165, 1.54) is 4.90 Å². The van der Waals surface area contributed by atoms with Crippen molar-refractivity contribution in [1.29, 1.82) is 0 Å². The Hall–Kier alpha value is -2.33. The SMILES string of the molecule is CC(C)(C)Cc1ccc2c(c1)C(O)CC(Cc1ccccc1)N2C(=O)O. The molecule has 0 bridgehead atoms. The van der Waals surface area contributed by atoms with E-state index in [0.29, 0.717) is 18.5 Å². The maximum Gasteiger partial charge on any atom is 0.412 e. The van der Waals surface area contributed by atoms with Crippen LogP contribution in [0.4, 0.5) is 10.5 Å². The van der Waals surface area contributed by atoms with Crippen LogP contribution in [0.1, 0.15) is 50.0 Å². The number of aliphatic hydroxyl groups is 1. The first-order valence-corrected chi connectivity index (χ1v) is 9.11. The van der Waals surface area contributed by atoms with Gasteiger partial charge in [0, 0.05) is 11.6 Å². The van der Waals surface area contributed by atoms with Gasteiger partial charge in [0.15, 0.2) is 0 Å². The summed E-state index contributed by atoms with van der Waals surface area (Å²) in [6, 6.07) is 15.4. The van der Waals surface area contributed by atoms with Crippen molar-refractivity contribution >= 4 is 11.8 Å². The molecule has 1 aliphatic heterocycles. The average Bonchev–Trinajstić information content (AvgIpc) is 2.54. The van der Waals surface area contributed by atoms with Gasteiger partial charge in [-0.3, -0.25) is 4.90 Å². The van der Waals surface area contributed by atoms with Crippen molar-refractivity contribution in [3.8, 4) is 0 Å². The number of benzene rings is 2. The Labute approximate surface area is 155 Å². The molecule has 138 valence electrons. The largest absolute Gasteiger partial charge is 0.465 e. The smallest absolute Gasteiger partial charge is 0.412 e. The molecule has 0 spiro atoms. The molecule has 1 amide bonds. The maximum absolute atomic E-state index is 12.0. The van der Waals surface area contributed by atoms with Crippen LogP contribution in [-0.4, -0.2) is 22.3 Å². The zero-order valence-electron chi connectivity index (χ0n) is 15.6. The van der Waals surface area contributed by atoms with Gasteiger partial charge in [0.2, 0.25) is 0 Å².